The molecule has 0 saturated carbocycles. The quantitative estimate of drug-likeness (QED) is 0.830. The van der Waals surface area contributed by atoms with Crippen molar-refractivity contribution >= 4 is 22.5 Å². The van der Waals surface area contributed by atoms with Crippen molar-refractivity contribution in [2.24, 2.45) is 17.6 Å². The number of nitrogens with zero attached hydrogens (tertiary/aromatic N) is 5. The molecule has 0 spiro atoms. The Hall–Kier alpha value is -2.56. The monoisotopic (exact) mass is 392 g/mol. The molecule has 2 aliphatic rings. The maximum absolute atomic E-state index is 12.8. The minimum absolute atomic E-state index is 0.0536. The zero-order valence-corrected chi connectivity index (χ0v) is 17.1. The van der Waals surface area contributed by atoms with Gasteiger partial charge in [-0.25, -0.2) is 0 Å². The van der Waals surface area contributed by atoms with Crippen LogP contribution in [0, 0.1) is 23.2 Å². The minimum atomic E-state index is -0.0536. The van der Waals surface area contributed by atoms with Gasteiger partial charge in [-0.15, -0.1) is 0 Å². The predicted molar refractivity (Wildman–Crippen MR) is 112 cm³/mol. The van der Waals surface area contributed by atoms with Crippen LogP contribution in [0.1, 0.15) is 32.3 Å². The lowest BCUT2D eigenvalue weighted by molar-refractivity contribution is -0.126. The lowest BCUT2D eigenvalue weighted by Gasteiger charge is -2.42. The highest BCUT2D eigenvalue weighted by Crippen LogP contribution is 2.33. The summed E-state index contributed by atoms with van der Waals surface area (Å²) in [5.74, 6) is 1.10. The van der Waals surface area contributed by atoms with Crippen molar-refractivity contribution in [3.05, 3.63) is 30.1 Å². The van der Waals surface area contributed by atoms with Gasteiger partial charge >= 0.3 is 0 Å². The number of rotatable bonds is 5. The molecule has 1 unspecified atom stereocenters. The van der Waals surface area contributed by atoms with E-state index in [2.05, 4.69) is 32.8 Å². The van der Waals surface area contributed by atoms with Crippen molar-refractivity contribution in [2.45, 2.75) is 38.8 Å². The van der Waals surface area contributed by atoms with E-state index in [0.717, 1.165) is 43.8 Å². The van der Waals surface area contributed by atoms with E-state index in [1.807, 2.05) is 19.1 Å². The molecule has 0 aliphatic carbocycles. The molecular weight excluding hydrogens is 364 g/mol. The maximum Gasteiger partial charge on any atom is 0.150 e. The average molecular weight is 393 g/mol. The van der Waals surface area contributed by atoms with Gasteiger partial charge in [0.05, 0.1) is 17.3 Å². The fraction of sp³-hybridized carbons (Fsp3) is 0.545. The first-order valence-corrected chi connectivity index (χ1v) is 10.4. The first-order chi connectivity index (χ1) is 14.0. The van der Waals surface area contributed by atoms with Crippen molar-refractivity contribution in [3.63, 3.8) is 0 Å². The summed E-state index contributed by atoms with van der Waals surface area (Å²) in [6.45, 7) is 7.60. The van der Waals surface area contributed by atoms with Gasteiger partial charge in [-0.1, -0.05) is 6.92 Å². The Balaban J connectivity index is 1.52. The van der Waals surface area contributed by atoms with E-state index in [9.17, 15) is 10.1 Å². The molecule has 29 heavy (non-hydrogen) atoms. The summed E-state index contributed by atoms with van der Waals surface area (Å²) in [5.41, 5.74) is 8.80. The molecule has 0 radical (unpaired) electrons. The van der Waals surface area contributed by atoms with Gasteiger partial charge in [0.15, 0.2) is 0 Å². The molecule has 2 saturated heterocycles. The summed E-state index contributed by atoms with van der Waals surface area (Å²) in [6, 6.07) is 6.15. The number of piperidine rings is 1. The van der Waals surface area contributed by atoms with E-state index in [4.69, 9.17) is 5.73 Å². The molecule has 3 atom stereocenters. The molecule has 7 nitrogen and oxygen atoms in total. The third-order valence-corrected chi connectivity index (χ3v) is 6.25. The van der Waals surface area contributed by atoms with Crippen LogP contribution in [0.4, 0.5) is 5.69 Å². The summed E-state index contributed by atoms with van der Waals surface area (Å²) in [4.78, 5) is 26.2. The van der Waals surface area contributed by atoms with Crippen molar-refractivity contribution in [2.75, 3.05) is 31.1 Å². The Bertz CT molecular complexity index is 948. The number of hydrogen-bond donors (Lipinski definition) is 1. The van der Waals surface area contributed by atoms with Gasteiger partial charge in [0.2, 0.25) is 0 Å². The second kappa shape index (κ2) is 8.05. The van der Waals surface area contributed by atoms with E-state index in [1.165, 1.54) is 0 Å². The molecular formula is C22H28N6O. The van der Waals surface area contributed by atoms with Crippen LogP contribution in [-0.4, -0.2) is 58.9 Å². The average Bonchev–Trinajstić information content (AvgIpc) is 2.69. The number of aromatic nitrogens is 2. The Labute approximate surface area is 171 Å². The van der Waals surface area contributed by atoms with Gasteiger partial charge in [-0.3, -0.25) is 19.7 Å². The van der Waals surface area contributed by atoms with Crippen LogP contribution in [0.25, 0.3) is 11.0 Å². The van der Waals surface area contributed by atoms with Gasteiger partial charge in [0.1, 0.15) is 22.9 Å². The first kappa shape index (κ1) is 19.7. The van der Waals surface area contributed by atoms with E-state index >= 15 is 0 Å². The SMILES string of the molecule is CC(C(=O)C[C@@H]1C[C@H](C)CN(c2ccc(C#N)c3nccnc23)C1)N1CC(N)C1. The summed E-state index contributed by atoms with van der Waals surface area (Å²) < 4.78 is 0. The van der Waals surface area contributed by atoms with Crippen LogP contribution in [0.2, 0.25) is 0 Å². The number of carbonyl (C=O) groups excluding carboxylic acids is 1. The molecule has 2 fully saturated rings. The number of fused-ring (bicyclic) bond motifs is 1. The molecule has 1 aromatic carbocycles. The third kappa shape index (κ3) is 3.96. The summed E-state index contributed by atoms with van der Waals surface area (Å²) in [5, 5.41) is 9.38. The summed E-state index contributed by atoms with van der Waals surface area (Å²) in [6.07, 6.45) is 4.93. The molecule has 2 N–H and O–H groups in total. The molecule has 3 heterocycles. The lowest BCUT2D eigenvalue weighted by atomic mass is 9.85. The smallest absolute Gasteiger partial charge is 0.150 e. The fourth-order valence-corrected chi connectivity index (χ4v) is 4.74. The number of benzene rings is 1. The fourth-order valence-electron chi connectivity index (χ4n) is 4.74. The van der Waals surface area contributed by atoms with Crippen LogP contribution >= 0.6 is 0 Å². The van der Waals surface area contributed by atoms with E-state index in [1.54, 1.807) is 12.4 Å². The molecule has 152 valence electrons. The van der Waals surface area contributed by atoms with Crippen molar-refractivity contribution in [3.8, 4) is 6.07 Å². The number of carbonyl (C=O) groups is 1. The predicted octanol–water partition coefficient (Wildman–Crippen LogP) is 1.95. The van der Waals surface area contributed by atoms with E-state index < -0.39 is 0 Å². The number of ketones is 1. The van der Waals surface area contributed by atoms with E-state index in [-0.39, 0.29) is 12.1 Å². The highest BCUT2D eigenvalue weighted by molar-refractivity contribution is 5.92. The highest BCUT2D eigenvalue weighted by Gasteiger charge is 2.34. The normalized spacial score (nSPS) is 24.1. The topological polar surface area (TPSA) is 99.1 Å². The van der Waals surface area contributed by atoms with Crippen LogP contribution < -0.4 is 10.6 Å². The third-order valence-electron chi connectivity index (χ3n) is 6.25. The van der Waals surface area contributed by atoms with Crippen molar-refractivity contribution in [1.82, 2.24) is 14.9 Å². The number of nitriles is 1. The first-order valence-electron chi connectivity index (χ1n) is 10.4. The number of hydrogen-bond acceptors (Lipinski definition) is 7. The summed E-state index contributed by atoms with van der Waals surface area (Å²) >= 11 is 0. The Morgan fingerprint density at radius 1 is 1.24 bits per heavy atom. The van der Waals surface area contributed by atoms with Gasteiger partial charge in [0, 0.05) is 51.0 Å². The standard InChI is InChI=1S/C22H28N6O/c1-14-7-16(8-20(29)15(2)27-12-18(24)13-27)11-28(10-14)19-4-3-17(9-23)21-22(19)26-6-5-25-21/h3-6,14-16,18H,7-8,10-13,24H2,1-2H3/t14-,15?,16-/m0/s1. The maximum atomic E-state index is 12.8. The van der Waals surface area contributed by atoms with Crippen molar-refractivity contribution in [1.29, 1.82) is 5.26 Å². The second-order valence-electron chi connectivity index (χ2n) is 8.67. The molecule has 0 bridgehead atoms. The van der Waals surface area contributed by atoms with E-state index in [0.29, 0.717) is 35.1 Å². The Morgan fingerprint density at radius 3 is 2.66 bits per heavy atom. The molecule has 2 aromatic rings. The van der Waals surface area contributed by atoms with Crippen LogP contribution in [0.15, 0.2) is 24.5 Å². The van der Waals surface area contributed by atoms with Crippen LogP contribution in [-0.2, 0) is 4.79 Å². The van der Waals surface area contributed by atoms with Crippen molar-refractivity contribution < 1.29 is 4.79 Å². The largest absolute Gasteiger partial charge is 0.369 e. The van der Waals surface area contributed by atoms with Crippen LogP contribution in [0.3, 0.4) is 0 Å². The number of nitrogens with two attached hydrogens (primary N) is 1. The highest BCUT2D eigenvalue weighted by atomic mass is 16.1. The molecule has 7 heteroatoms. The van der Waals surface area contributed by atoms with Gasteiger partial charge < -0.3 is 10.6 Å². The molecule has 2 aliphatic heterocycles. The molecule has 4 rings (SSSR count). The molecule has 1 aromatic heterocycles. The van der Waals surface area contributed by atoms with Gasteiger partial charge in [-0.2, -0.15) is 5.26 Å². The Kier molecular flexibility index (Phi) is 5.48. The Morgan fingerprint density at radius 2 is 1.97 bits per heavy atom. The van der Waals surface area contributed by atoms with Gasteiger partial charge in [0.25, 0.3) is 0 Å². The number of anilines is 1. The van der Waals surface area contributed by atoms with Crippen LogP contribution in [0.5, 0.6) is 0 Å². The summed E-state index contributed by atoms with van der Waals surface area (Å²) in [7, 11) is 0. The van der Waals surface area contributed by atoms with Gasteiger partial charge in [-0.05, 0) is 37.3 Å². The minimum Gasteiger partial charge on any atom is -0.369 e. The molecule has 0 amide bonds. The zero-order chi connectivity index (χ0) is 20.5. The number of Topliss-reactive ketones (excluding diaryl/α,β-unsaturated/α-hetero) is 1. The zero-order valence-electron chi connectivity index (χ0n) is 17.1. The second-order valence-corrected chi connectivity index (χ2v) is 8.67. The number of likely N-dealkylation sites (tertiary alicyclic amines) is 1. The lowest BCUT2D eigenvalue weighted by Crippen LogP contribution is -2.60.